The average Bonchev–Trinajstić information content (AvgIpc) is 2.15. The van der Waals surface area contributed by atoms with Crippen molar-refractivity contribution >= 4 is 31.9 Å². The van der Waals surface area contributed by atoms with Crippen LogP contribution in [0.3, 0.4) is 0 Å². The zero-order valence-electron chi connectivity index (χ0n) is 7.55. The maximum Gasteiger partial charge on any atom is 0.289 e. The van der Waals surface area contributed by atoms with E-state index in [4.69, 9.17) is 10.8 Å². The van der Waals surface area contributed by atoms with Gasteiger partial charge in [-0.05, 0) is 23.8 Å². The van der Waals surface area contributed by atoms with Crippen LogP contribution < -0.4 is 5.73 Å². The minimum Gasteiger partial charge on any atom is -0.390 e. The summed E-state index contributed by atoms with van der Waals surface area (Å²) in [7, 11) is 0. The summed E-state index contributed by atoms with van der Waals surface area (Å²) >= 11 is 6.35. The fourth-order valence-corrected chi connectivity index (χ4v) is 2.43. The molecule has 0 aromatic heterocycles. The standard InChI is InChI=1S/C9H9Br2F2NO/c10-6-1-5(2-7(11)3-6)8(14)9(12,13)4-15/h1-3,8,15H,4,14H2/t8-/m1/s1. The van der Waals surface area contributed by atoms with Crippen molar-refractivity contribution in [2.75, 3.05) is 6.61 Å². The van der Waals surface area contributed by atoms with Crippen LogP contribution in [0.15, 0.2) is 27.1 Å². The molecule has 0 unspecified atom stereocenters. The van der Waals surface area contributed by atoms with E-state index in [2.05, 4.69) is 31.9 Å². The maximum absolute atomic E-state index is 13.1. The monoisotopic (exact) mass is 343 g/mol. The molecule has 0 bridgehead atoms. The Bertz CT molecular complexity index is 340. The normalized spacial score (nSPS) is 14.0. The van der Waals surface area contributed by atoms with Crippen molar-refractivity contribution in [1.82, 2.24) is 0 Å². The van der Waals surface area contributed by atoms with Crippen LogP contribution in [0.5, 0.6) is 0 Å². The Balaban J connectivity index is 3.06. The molecule has 1 aromatic carbocycles. The van der Waals surface area contributed by atoms with E-state index in [1.165, 1.54) is 12.1 Å². The first kappa shape index (κ1) is 13.0. The van der Waals surface area contributed by atoms with Gasteiger partial charge in [0.1, 0.15) is 6.61 Å². The van der Waals surface area contributed by atoms with Crippen molar-refractivity contribution in [3.05, 3.63) is 32.7 Å². The molecule has 1 atom stereocenters. The van der Waals surface area contributed by atoms with E-state index in [0.29, 0.717) is 8.95 Å². The highest BCUT2D eigenvalue weighted by Crippen LogP contribution is 2.32. The lowest BCUT2D eigenvalue weighted by molar-refractivity contribution is -0.0712. The van der Waals surface area contributed by atoms with Crippen LogP contribution in [0.4, 0.5) is 8.78 Å². The Morgan fingerprint density at radius 3 is 2.13 bits per heavy atom. The first-order chi connectivity index (χ1) is 6.86. The van der Waals surface area contributed by atoms with Gasteiger partial charge in [0.05, 0.1) is 6.04 Å². The summed E-state index contributed by atoms with van der Waals surface area (Å²) < 4.78 is 27.5. The number of aliphatic hydroxyl groups is 1. The summed E-state index contributed by atoms with van der Waals surface area (Å²) in [6.07, 6.45) is 0. The molecule has 2 nitrogen and oxygen atoms in total. The van der Waals surface area contributed by atoms with Gasteiger partial charge in [-0.15, -0.1) is 0 Å². The van der Waals surface area contributed by atoms with Crippen molar-refractivity contribution in [2.45, 2.75) is 12.0 Å². The zero-order valence-corrected chi connectivity index (χ0v) is 10.7. The molecular weight excluding hydrogens is 336 g/mol. The third kappa shape index (κ3) is 3.21. The second-order valence-corrected chi connectivity index (χ2v) is 4.93. The van der Waals surface area contributed by atoms with E-state index in [-0.39, 0.29) is 5.56 Å². The van der Waals surface area contributed by atoms with Crippen LogP contribution in [0, 0.1) is 0 Å². The molecule has 84 valence electrons. The van der Waals surface area contributed by atoms with Crippen LogP contribution in [0.1, 0.15) is 11.6 Å². The Hall–Kier alpha value is -0.0400. The lowest BCUT2D eigenvalue weighted by atomic mass is 10.0. The Morgan fingerprint density at radius 1 is 1.27 bits per heavy atom. The van der Waals surface area contributed by atoms with Gasteiger partial charge in [0.25, 0.3) is 5.92 Å². The van der Waals surface area contributed by atoms with Gasteiger partial charge in [0.15, 0.2) is 0 Å². The first-order valence-electron chi connectivity index (χ1n) is 4.07. The van der Waals surface area contributed by atoms with Gasteiger partial charge in [-0.2, -0.15) is 0 Å². The topological polar surface area (TPSA) is 46.2 Å². The fraction of sp³-hybridized carbons (Fsp3) is 0.333. The number of aliphatic hydroxyl groups excluding tert-OH is 1. The molecule has 0 saturated heterocycles. The third-order valence-corrected chi connectivity index (χ3v) is 2.83. The van der Waals surface area contributed by atoms with Gasteiger partial charge in [0.2, 0.25) is 0 Å². The summed E-state index contributed by atoms with van der Waals surface area (Å²) in [4.78, 5) is 0. The van der Waals surface area contributed by atoms with Crippen molar-refractivity contribution in [3.63, 3.8) is 0 Å². The lowest BCUT2D eigenvalue weighted by Crippen LogP contribution is -2.36. The molecule has 0 aliphatic carbocycles. The maximum atomic E-state index is 13.1. The molecule has 0 spiro atoms. The van der Waals surface area contributed by atoms with Crippen LogP contribution >= 0.6 is 31.9 Å². The van der Waals surface area contributed by atoms with Crippen LogP contribution in [0.25, 0.3) is 0 Å². The van der Waals surface area contributed by atoms with E-state index >= 15 is 0 Å². The second-order valence-electron chi connectivity index (χ2n) is 3.10. The molecule has 1 aromatic rings. The number of hydrogen-bond donors (Lipinski definition) is 2. The summed E-state index contributed by atoms with van der Waals surface area (Å²) in [5.74, 6) is -3.32. The highest BCUT2D eigenvalue weighted by Gasteiger charge is 2.37. The molecule has 0 fully saturated rings. The van der Waals surface area contributed by atoms with Crippen LogP contribution in [-0.2, 0) is 0 Å². The predicted molar refractivity (Wildman–Crippen MR) is 60.8 cm³/mol. The Kier molecular flexibility index (Phi) is 4.22. The molecule has 0 heterocycles. The van der Waals surface area contributed by atoms with Gasteiger partial charge in [-0.1, -0.05) is 31.9 Å². The van der Waals surface area contributed by atoms with Crippen molar-refractivity contribution in [3.8, 4) is 0 Å². The minimum absolute atomic E-state index is 0.260. The number of benzene rings is 1. The van der Waals surface area contributed by atoms with Crippen molar-refractivity contribution < 1.29 is 13.9 Å². The number of hydrogen-bond acceptors (Lipinski definition) is 2. The second kappa shape index (κ2) is 4.86. The molecule has 0 amide bonds. The molecule has 0 saturated carbocycles. The number of alkyl halides is 2. The predicted octanol–water partition coefficient (Wildman–Crippen LogP) is 2.84. The molecule has 0 radical (unpaired) electrons. The molecule has 6 heteroatoms. The van der Waals surface area contributed by atoms with E-state index in [1.807, 2.05) is 0 Å². The van der Waals surface area contributed by atoms with Crippen molar-refractivity contribution in [2.24, 2.45) is 5.73 Å². The van der Waals surface area contributed by atoms with E-state index in [9.17, 15) is 8.78 Å². The zero-order chi connectivity index (χ0) is 11.6. The summed E-state index contributed by atoms with van der Waals surface area (Å²) in [6.45, 7) is -1.27. The van der Waals surface area contributed by atoms with Gasteiger partial charge >= 0.3 is 0 Å². The molecule has 1 rings (SSSR count). The van der Waals surface area contributed by atoms with Gasteiger partial charge in [0, 0.05) is 8.95 Å². The fourth-order valence-electron chi connectivity index (χ4n) is 1.10. The largest absolute Gasteiger partial charge is 0.390 e. The molecular formula is C9H9Br2F2NO. The van der Waals surface area contributed by atoms with Crippen LogP contribution in [-0.4, -0.2) is 17.6 Å². The highest BCUT2D eigenvalue weighted by molar-refractivity contribution is 9.11. The number of halogens is 4. The summed E-state index contributed by atoms with van der Waals surface area (Å²) in [5.41, 5.74) is 5.63. The van der Waals surface area contributed by atoms with E-state index < -0.39 is 18.6 Å². The third-order valence-electron chi connectivity index (χ3n) is 1.91. The minimum atomic E-state index is -3.32. The van der Waals surface area contributed by atoms with Crippen molar-refractivity contribution in [1.29, 1.82) is 0 Å². The molecule has 0 aliphatic heterocycles. The molecule has 15 heavy (non-hydrogen) atoms. The first-order valence-corrected chi connectivity index (χ1v) is 5.65. The van der Waals surface area contributed by atoms with E-state index in [0.717, 1.165) is 0 Å². The quantitative estimate of drug-likeness (QED) is 0.885. The van der Waals surface area contributed by atoms with Gasteiger partial charge in [-0.3, -0.25) is 0 Å². The molecule has 0 aliphatic rings. The number of nitrogens with two attached hydrogens (primary N) is 1. The highest BCUT2D eigenvalue weighted by atomic mass is 79.9. The lowest BCUT2D eigenvalue weighted by Gasteiger charge is -2.22. The van der Waals surface area contributed by atoms with E-state index in [1.54, 1.807) is 6.07 Å². The Labute approximate surface area is 103 Å². The SMILES string of the molecule is N[C@H](c1cc(Br)cc(Br)c1)C(F)(F)CO. The molecule has 3 N–H and O–H groups in total. The van der Waals surface area contributed by atoms with Gasteiger partial charge < -0.3 is 10.8 Å². The summed E-state index contributed by atoms with van der Waals surface area (Å²) in [5, 5.41) is 8.51. The summed E-state index contributed by atoms with van der Waals surface area (Å²) in [6, 6.07) is 3.20. The average molecular weight is 345 g/mol. The smallest absolute Gasteiger partial charge is 0.289 e. The number of rotatable bonds is 3. The van der Waals surface area contributed by atoms with Gasteiger partial charge in [-0.25, -0.2) is 8.78 Å². The Morgan fingerprint density at radius 2 is 1.73 bits per heavy atom. The van der Waals surface area contributed by atoms with Crippen LogP contribution in [0.2, 0.25) is 0 Å².